The van der Waals surface area contributed by atoms with Crippen molar-refractivity contribution in [2.45, 2.75) is 44.8 Å². The van der Waals surface area contributed by atoms with Gasteiger partial charge in [-0.2, -0.15) is 0 Å². The predicted molar refractivity (Wildman–Crippen MR) is 157 cm³/mol. The zero-order valence-corrected chi connectivity index (χ0v) is 24.5. The number of nitrogens with zero attached hydrogens (tertiary/aromatic N) is 3. The average molecular weight is 625 g/mol. The lowest BCUT2D eigenvalue weighted by atomic mass is 9.99. The van der Waals surface area contributed by atoms with Crippen molar-refractivity contribution in [1.82, 2.24) is 15.2 Å². The van der Waals surface area contributed by atoms with E-state index in [1.807, 2.05) is 12.1 Å². The number of pyridine rings is 1. The van der Waals surface area contributed by atoms with Gasteiger partial charge in [0.2, 0.25) is 0 Å². The number of carbonyl (C=O) groups excluding carboxylic acids is 1. The number of rotatable bonds is 9. The van der Waals surface area contributed by atoms with E-state index in [4.69, 9.17) is 34.8 Å². The molecule has 0 radical (unpaired) electrons. The van der Waals surface area contributed by atoms with Gasteiger partial charge >= 0.3 is 0 Å². The van der Waals surface area contributed by atoms with Crippen LogP contribution in [0.4, 0.5) is 5.69 Å². The highest BCUT2D eigenvalue weighted by molar-refractivity contribution is 9.10. The van der Waals surface area contributed by atoms with Crippen molar-refractivity contribution < 1.29 is 4.79 Å². The van der Waals surface area contributed by atoms with Gasteiger partial charge in [-0.1, -0.05) is 62.9 Å². The molecule has 1 aromatic heterocycles. The molecule has 1 unspecified atom stereocenters. The zero-order valence-electron chi connectivity index (χ0n) is 20.6. The lowest BCUT2D eigenvalue weighted by Crippen LogP contribution is -2.48. The lowest BCUT2D eigenvalue weighted by Gasteiger charge is -2.42. The van der Waals surface area contributed by atoms with Gasteiger partial charge in [0.15, 0.2) is 0 Å². The van der Waals surface area contributed by atoms with Crippen LogP contribution in [-0.4, -0.2) is 47.5 Å². The fourth-order valence-corrected chi connectivity index (χ4v) is 5.71. The molecule has 0 bridgehead atoms. The largest absolute Gasteiger partial charge is 0.364 e. The maximum Gasteiger partial charge on any atom is 0.254 e. The third-order valence-corrected chi connectivity index (χ3v) is 8.27. The number of aromatic nitrogens is 1. The summed E-state index contributed by atoms with van der Waals surface area (Å²) < 4.78 is 1.08. The number of carbonyl (C=O) groups is 1. The number of piperidine rings is 1. The SMILES string of the molecule is CC(CCNC(=O)c1c(Cl)cncc1Cl)N1CCC(N(Cc2ccc(Cl)cc2)c2ccc(Br)cc2)CC1. The van der Waals surface area contributed by atoms with Crippen LogP contribution in [0, 0.1) is 0 Å². The van der Waals surface area contributed by atoms with Crippen LogP contribution < -0.4 is 10.2 Å². The normalized spacial score (nSPS) is 15.4. The molecule has 2 heterocycles. The molecule has 1 saturated heterocycles. The van der Waals surface area contributed by atoms with Crippen LogP contribution in [0.25, 0.3) is 0 Å². The van der Waals surface area contributed by atoms with Crippen LogP contribution in [0.2, 0.25) is 15.1 Å². The first-order valence-electron chi connectivity index (χ1n) is 12.4. The molecule has 5 nitrogen and oxygen atoms in total. The van der Waals surface area contributed by atoms with Crippen LogP contribution in [-0.2, 0) is 6.54 Å². The second kappa shape index (κ2) is 13.3. The Hall–Kier alpha value is -1.83. The van der Waals surface area contributed by atoms with Crippen molar-refractivity contribution in [1.29, 1.82) is 0 Å². The van der Waals surface area contributed by atoms with Gasteiger partial charge in [0.05, 0.1) is 15.6 Å². The van der Waals surface area contributed by atoms with Crippen molar-refractivity contribution >= 4 is 62.3 Å². The van der Waals surface area contributed by atoms with Crippen molar-refractivity contribution in [2.75, 3.05) is 24.5 Å². The van der Waals surface area contributed by atoms with Gasteiger partial charge in [-0.3, -0.25) is 9.78 Å². The van der Waals surface area contributed by atoms with E-state index in [2.05, 4.69) is 79.4 Å². The summed E-state index contributed by atoms with van der Waals surface area (Å²) in [7, 11) is 0. The summed E-state index contributed by atoms with van der Waals surface area (Å²) in [5, 5.41) is 4.22. The minimum Gasteiger partial charge on any atom is -0.364 e. The number of hydrogen-bond acceptors (Lipinski definition) is 4. The first kappa shape index (κ1) is 28.2. The van der Waals surface area contributed by atoms with E-state index < -0.39 is 0 Å². The highest BCUT2D eigenvalue weighted by Gasteiger charge is 2.27. The van der Waals surface area contributed by atoms with Gasteiger partial charge in [0.1, 0.15) is 0 Å². The fourth-order valence-electron chi connectivity index (χ4n) is 4.78. The first-order valence-corrected chi connectivity index (χ1v) is 14.3. The second-order valence-electron chi connectivity index (χ2n) is 9.37. The van der Waals surface area contributed by atoms with Crippen molar-refractivity contribution in [3.63, 3.8) is 0 Å². The predicted octanol–water partition coefficient (Wildman–Crippen LogP) is 7.48. The van der Waals surface area contributed by atoms with Crippen molar-refractivity contribution in [2.24, 2.45) is 0 Å². The zero-order chi connectivity index (χ0) is 26.4. The molecule has 2 aromatic carbocycles. The van der Waals surface area contributed by atoms with E-state index in [0.29, 0.717) is 18.6 Å². The molecular weight excluding hydrogens is 595 g/mol. The van der Waals surface area contributed by atoms with Gasteiger partial charge in [-0.25, -0.2) is 0 Å². The molecule has 1 N–H and O–H groups in total. The molecular formula is C28H30BrCl3N4O. The molecule has 1 atom stereocenters. The summed E-state index contributed by atoms with van der Waals surface area (Å²) in [5.41, 5.74) is 2.74. The maximum atomic E-state index is 12.5. The van der Waals surface area contributed by atoms with Gasteiger partial charge in [-0.05, 0) is 68.1 Å². The van der Waals surface area contributed by atoms with Crippen LogP contribution in [0.1, 0.15) is 42.1 Å². The number of halogens is 4. The van der Waals surface area contributed by atoms with E-state index in [1.165, 1.54) is 23.6 Å². The van der Waals surface area contributed by atoms with Crippen LogP contribution in [0.15, 0.2) is 65.4 Å². The fraction of sp³-hybridized carbons (Fsp3) is 0.357. The Morgan fingerprint density at radius 2 is 1.68 bits per heavy atom. The molecule has 1 aliphatic heterocycles. The molecule has 4 rings (SSSR count). The van der Waals surface area contributed by atoms with Gasteiger partial charge in [0.25, 0.3) is 5.91 Å². The minimum atomic E-state index is -0.268. The molecule has 196 valence electrons. The van der Waals surface area contributed by atoms with Gasteiger partial charge < -0.3 is 15.1 Å². The molecule has 3 aromatic rings. The number of nitrogens with one attached hydrogen (secondary N) is 1. The highest BCUT2D eigenvalue weighted by Crippen LogP contribution is 2.28. The second-order valence-corrected chi connectivity index (χ2v) is 11.5. The Morgan fingerprint density at radius 1 is 1.05 bits per heavy atom. The van der Waals surface area contributed by atoms with E-state index in [0.717, 1.165) is 48.4 Å². The number of amides is 1. The Morgan fingerprint density at radius 3 is 2.30 bits per heavy atom. The van der Waals surface area contributed by atoms with Crippen LogP contribution in [0.5, 0.6) is 0 Å². The molecule has 1 aliphatic rings. The molecule has 1 amide bonds. The molecule has 0 saturated carbocycles. The van der Waals surface area contributed by atoms with Crippen LogP contribution >= 0.6 is 50.7 Å². The number of likely N-dealkylation sites (tertiary alicyclic amines) is 1. The van der Waals surface area contributed by atoms with E-state index in [9.17, 15) is 4.79 Å². The molecule has 37 heavy (non-hydrogen) atoms. The molecule has 9 heteroatoms. The highest BCUT2D eigenvalue weighted by atomic mass is 79.9. The number of hydrogen-bond donors (Lipinski definition) is 1. The van der Waals surface area contributed by atoms with E-state index in [1.54, 1.807) is 0 Å². The quantitative estimate of drug-likeness (QED) is 0.268. The van der Waals surface area contributed by atoms with Gasteiger partial charge in [0, 0.05) is 65.8 Å². The van der Waals surface area contributed by atoms with E-state index in [-0.39, 0.29) is 21.5 Å². The van der Waals surface area contributed by atoms with E-state index >= 15 is 0 Å². The van der Waals surface area contributed by atoms with Crippen molar-refractivity contribution in [3.05, 3.63) is 91.6 Å². The summed E-state index contributed by atoms with van der Waals surface area (Å²) in [6.07, 6.45) is 5.85. The first-order chi connectivity index (χ1) is 17.8. The summed E-state index contributed by atoms with van der Waals surface area (Å²) in [6, 6.07) is 17.5. The molecule has 0 aliphatic carbocycles. The Labute approximate surface area is 242 Å². The summed E-state index contributed by atoms with van der Waals surface area (Å²) in [5.74, 6) is -0.268. The third-order valence-electron chi connectivity index (χ3n) is 6.92. The Balaban J connectivity index is 1.32. The summed E-state index contributed by atoms with van der Waals surface area (Å²) in [4.78, 5) is 21.5. The van der Waals surface area contributed by atoms with Crippen molar-refractivity contribution in [3.8, 4) is 0 Å². The lowest BCUT2D eigenvalue weighted by molar-refractivity contribution is 0.0945. The Bertz CT molecular complexity index is 1160. The third kappa shape index (κ3) is 7.61. The topological polar surface area (TPSA) is 48.5 Å². The Kier molecular flexibility index (Phi) is 10.1. The smallest absolute Gasteiger partial charge is 0.254 e. The summed E-state index contributed by atoms with van der Waals surface area (Å²) in [6.45, 7) is 5.63. The maximum absolute atomic E-state index is 12.5. The van der Waals surface area contributed by atoms with Gasteiger partial charge in [-0.15, -0.1) is 0 Å². The monoisotopic (exact) mass is 622 g/mol. The molecule has 0 spiro atoms. The van der Waals surface area contributed by atoms with Crippen LogP contribution in [0.3, 0.4) is 0 Å². The standard InChI is InChI=1S/C28H30BrCl3N4O/c1-19(10-13-34-28(37)27-25(31)16-33-17-26(27)32)35-14-11-24(12-15-35)36(23-8-4-21(29)5-9-23)18-20-2-6-22(30)7-3-20/h2-9,16-17,19,24H,10-15,18H2,1H3,(H,34,37). The minimum absolute atomic E-state index is 0.258. The number of benzene rings is 2. The number of anilines is 1. The summed E-state index contributed by atoms with van der Waals surface area (Å²) >= 11 is 21.9. The molecule has 1 fully saturated rings. The average Bonchev–Trinajstić information content (AvgIpc) is 2.89.